The molecular weight excluding hydrogens is 306 g/mol. The SMILES string of the molecule is Cc1c(CNC(=O)c2cc([N+](=O)[O-])cc([N+](=O)[O-])c2)cnn1C. The fourth-order valence-electron chi connectivity index (χ4n) is 1.93. The predicted molar refractivity (Wildman–Crippen MR) is 78.9 cm³/mol. The van der Waals surface area contributed by atoms with Gasteiger partial charge in [0.25, 0.3) is 17.3 Å². The molecule has 0 unspecified atom stereocenters. The van der Waals surface area contributed by atoms with Crippen LogP contribution < -0.4 is 5.32 Å². The van der Waals surface area contributed by atoms with Crippen molar-refractivity contribution in [3.8, 4) is 0 Å². The number of nitro benzene ring substituents is 2. The molecule has 0 saturated carbocycles. The van der Waals surface area contributed by atoms with Crippen molar-refractivity contribution in [2.24, 2.45) is 7.05 Å². The minimum atomic E-state index is -0.783. The van der Waals surface area contributed by atoms with E-state index in [1.54, 1.807) is 17.9 Å². The molecule has 1 heterocycles. The number of hydrogen-bond donors (Lipinski definition) is 1. The Bertz CT molecular complexity index is 766. The molecule has 0 radical (unpaired) electrons. The van der Waals surface area contributed by atoms with Gasteiger partial charge in [-0.05, 0) is 6.92 Å². The molecule has 0 aliphatic heterocycles. The summed E-state index contributed by atoms with van der Waals surface area (Å²) in [5, 5.41) is 28.2. The van der Waals surface area contributed by atoms with Crippen LogP contribution in [0, 0.1) is 27.2 Å². The minimum Gasteiger partial charge on any atom is -0.348 e. The smallest absolute Gasteiger partial charge is 0.277 e. The zero-order valence-electron chi connectivity index (χ0n) is 12.3. The highest BCUT2D eigenvalue weighted by Crippen LogP contribution is 2.22. The van der Waals surface area contributed by atoms with Crippen molar-refractivity contribution in [1.29, 1.82) is 0 Å². The topological polar surface area (TPSA) is 133 Å². The van der Waals surface area contributed by atoms with E-state index in [2.05, 4.69) is 10.4 Å². The minimum absolute atomic E-state index is 0.146. The second-order valence-electron chi connectivity index (χ2n) is 4.81. The average molecular weight is 319 g/mol. The summed E-state index contributed by atoms with van der Waals surface area (Å²) < 4.78 is 1.64. The van der Waals surface area contributed by atoms with Crippen molar-refractivity contribution in [1.82, 2.24) is 15.1 Å². The number of aryl methyl sites for hydroxylation is 1. The predicted octanol–water partition coefficient (Wildman–Crippen LogP) is 1.47. The summed E-state index contributed by atoms with van der Waals surface area (Å²) in [6.07, 6.45) is 1.59. The van der Waals surface area contributed by atoms with Gasteiger partial charge in [-0.1, -0.05) is 0 Å². The zero-order chi connectivity index (χ0) is 17.1. The first-order valence-electron chi connectivity index (χ1n) is 6.49. The molecule has 10 heteroatoms. The first-order chi connectivity index (χ1) is 10.8. The van der Waals surface area contributed by atoms with Crippen LogP contribution in [0.4, 0.5) is 11.4 Å². The number of amides is 1. The van der Waals surface area contributed by atoms with E-state index in [1.165, 1.54) is 0 Å². The Morgan fingerprint density at radius 1 is 1.22 bits per heavy atom. The molecule has 0 aliphatic carbocycles. The van der Waals surface area contributed by atoms with Crippen LogP contribution in [0.5, 0.6) is 0 Å². The number of aromatic nitrogens is 2. The Morgan fingerprint density at radius 2 is 1.78 bits per heavy atom. The Labute approximate surface area is 130 Å². The monoisotopic (exact) mass is 319 g/mol. The van der Waals surface area contributed by atoms with E-state index in [1.807, 2.05) is 6.92 Å². The second kappa shape index (κ2) is 6.22. The molecule has 0 spiro atoms. The Kier molecular flexibility index (Phi) is 4.35. The molecule has 0 aliphatic rings. The molecule has 23 heavy (non-hydrogen) atoms. The van der Waals surface area contributed by atoms with E-state index in [4.69, 9.17) is 0 Å². The molecule has 1 amide bonds. The van der Waals surface area contributed by atoms with Crippen LogP contribution in [0.1, 0.15) is 21.6 Å². The van der Waals surface area contributed by atoms with E-state index in [-0.39, 0.29) is 12.1 Å². The lowest BCUT2D eigenvalue weighted by Gasteiger charge is -2.05. The van der Waals surface area contributed by atoms with Gasteiger partial charge in [0, 0.05) is 37.0 Å². The van der Waals surface area contributed by atoms with E-state index < -0.39 is 27.1 Å². The van der Waals surface area contributed by atoms with Gasteiger partial charge in [-0.25, -0.2) is 0 Å². The summed E-state index contributed by atoms with van der Waals surface area (Å²) >= 11 is 0. The highest BCUT2D eigenvalue weighted by molar-refractivity contribution is 5.95. The molecule has 0 fully saturated rings. The Balaban J connectivity index is 2.23. The highest BCUT2D eigenvalue weighted by atomic mass is 16.6. The molecule has 2 aromatic rings. The normalized spacial score (nSPS) is 10.3. The Morgan fingerprint density at radius 3 is 2.22 bits per heavy atom. The summed E-state index contributed by atoms with van der Waals surface area (Å²) in [5.74, 6) is -0.639. The van der Waals surface area contributed by atoms with Crippen molar-refractivity contribution in [3.05, 3.63) is 61.4 Å². The van der Waals surface area contributed by atoms with Gasteiger partial charge in [0.05, 0.1) is 27.7 Å². The molecule has 0 bridgehead atoms. The molecular formula is C13H13N5O5. The van der Waals surface area contributed by atoms with Crippen molar-refractivity contribution >= 4 is 17.3 Å². The lowest BCUT2D eigenvalue weighted by molar-refractivity contribution is -0.394. The third kappa shape index (κ3) is 3.48. The third-order valence-corrected chi connectivity index (χ3v) is 3.36. The first-order valence-corrected chi connectivity index (χ1v) is 6.49. The number of nitrogens with one attached hydrogen (secondary N) is 1. The summed E-state index contributed by atoms with van der Waals surface area (Å²) in [6.45, 7) is 1.99. The maximum Gasteiger partial charge on any atom is 0.277 e. The first kappa shape index (κ1) is 16.1. The lowest BCUT2D eigenvalue weighted by Crippen LogP contribution is -2.23. The standard InChI is InChI=1S/C13H13N5O5/c1-8-10(7-15-16(8)2)6-14-13(19)9-3-11(17(20)21)5-12(4-9)18(22)23/h3-5,7H,6H2,1-2H3,(H,14,19). The molecule has 10 nitrogen and oxygen atoms in total. The van der Waals surface area contributed by atoms with Gasteiger partial charge in [0.1, 0.15) is 0 Å². The maximum absolute atomic E-state index is 12.1. The zero-order valence-corrected chi connectivity index (χ0v) is 12.3. The van der Waals surface area contributed by atoms with Crippen molar-refractivity contribution < 1.29 is 14.6 Å². The summed E-state index contributed by atoms with van der Waals surface area (Å²) in [7, 11) is 1.75. The van der Waals surface area contributed by atoms with Crippen LogP contribution in [-0.4, -0.2) is 25.5 Å². The van der Waals surface area contributed by atoms with Crippen molar-refractivity contribution in [2.75, 3.05) is 0 Å². The number of carbonyl (C=O) groups is 1. The van der Waals surface area contributed by atoms with Crippen LogP contribution in [0.15, 0.2) is 24.4 Å². The van der Waals surface area contributed by atoms with Gasteiger partial charge in [-0.2, -0.15) is 5.10 Å². The van der Waals surface area contributed by atoms with Crippen molar-refractivity contribution in [3.63, 3.8) is 0 Å². The summed E-state index contributed by atoms with van der Waals surface area (Å²) in [5.41, 5.74) is 0.465. The van der Waals surface area contributed by atoms with Gasteiger partial charge in [-0.15, -0.1) is 0 Å². The molecule has 1 N–H and O–H groups in total. The number of carbonyl (C=O) groups excluding carboxylic acids is 1. The average Bonchev–Trinajstić information content (AvgIpc) is 2.83. The van der Waals surface area contributed by atoms with E-state index in [9.17, 15) is 25.0 Å². The quantitative estimate of drug-likeness (QED) is 0.655. The fraction of sp³-hybridized carbons (Fsp3) is 0.231. The molecule has 0 saturated heterocycles. The van der Waals surface area contributed by atoms with Crippen LogP contribution in [0.3, 0.4) is 0 Å². The van der Waals surface area contributed by atoms with Crippen molar-refractivity contribution in [2.45, 2.75) is 13.5 Å². The van der Waals surface area contributed by atoms with Crippen LogP contribution in [-0.2, 0) is 13.6 Å². The largest absolute Gasteiger partial charge is 0.348 e. The Hall–Kier alpha value is -3.30. The van der Waals surface area contributed by atoms with Gasteiger partial charge < -0.3 is 5.32 Å². The number of rotatable bonds is 5. The molecule has 120 valence electrons. The van der Waals surface area contributed by atoms with Crippen LogP contribution in [0.25, 0.3) is 0 Å². The summed E-state index contributed by atoms with van der Waals surface area (Å²) in [6, 6.07) is 2.80. The third-order valence-electron chi connectivity index (χ3n) is 3.36. The number of hydrogen-bond acceptors (Lipinski definition) is 6. The molecule has 0 atom stereocenters. The maximum atomic E-state index is 12.1. The molecule has 1 aromatic heterocycles. The number of nitrogens with zero attached hydrogens (tertiary/aromatic N) is 4. The molecule has 1 aromatic carbocycles. The highest BCUT2D eigenvalue weighted by Gasteiger charge is 2.20. The van der Waals surface area contributed by atoms with E-state index >= 15 is 0 Å². The second-order valence-corrected chi connectivity index (χ2v) is 4.81. The number of nitro groups is 2. The van der Waals surface area contributed by atoms with Gasteiger partial charge in [0.2, 0.25) is 0 Å². The van der Waals surface area contributed by atoms with Crippen LogP contribution in [0.2, 0.25) is 0 Å². The van der Waals surface area contributed by atoms with E-state index in [0.29, 0.717) is 0 Å². The number of benzene rings is 1. The van der Waals surface area contributed by atoms with E-state index in [0.717, 1.165) is 29.5 Å². The lowest BCUT2D eigenvalue weighted by atomic mass is 10.1. The summed E-state index contributed by atoms with van der Waals surface area (Å²) in [4.78, 5) is 32.2. The van der Waals surface area contributed by atoms with Gasteiger partial charge in [0.15, 0.2) is 0 Å². The van der Waals surface area contributed by atoms with Gasteiger partial charge >= 0.3 is 0 Å². The van der Waals surface area contributed by atoms with Crippen LogP contribution >= 0.6 is 0 Å². The fourth-order valence-corrected chi connectivity index (χ4v) is 1.93. The number of non-ortho nitro benzene ring substituents is 2. The van der Waals surface area contributed by atoms with Gasteiger partial charge in [-0.3, -0.25) is 29.7 Å². The molecule has 2 rings (SSSR count).